The van der Waals surface area contributed by atoms with Crippen LogP contribution in [-0.4, -0.2) is 27.1 Å². The molecule has 0 unspecified atom stereocenters. The van der Waals surface area contributed by atoms with Crippen LogP contribution in [0.1, 0.15) is 33.4 Å². The number of aliphatic imine (C=N–C) groups is 2. The SMILES string of the molecule is Clc1nccc2c(Br)cccc12.N=C(c1ccccc1)c1ccccc1.c1ccc(C(=Nc2cccc3c(N=C(c4ccccc4)c4ccccc4)nccc23)c2ccccc2)cc1. The van der Waals surface area contributed by atoms with Crippen LogP contribution in [-0.2, 0) is 0 Å². The van der Waals surface area contributed by atoms with E-state index in [4.69, 9.17) is 32.0 Å². The van der Waals surface area contributed by atoms with Crippen molar-refractivity contribution < 1.29 is 0 Å². The van der Waals surface area contributed by atoms with E-state index in [0.717, 1.165) is 76.5 Å². The highest BCUT2D eigenvalue weighted by molar-refractivity contribution is 9.10. The topological polar surface area (TPSA) is 74.3 Å². The van der Waals surface area contributed by atoms with Crippen molar-refractivity contribution in [3.05, 3.63) is 286 Å². The van der Waals surface area contributed by atoms with Crippen molar-refractivity contribution in [3.63, 3.8) is 0 Å². The summed E-state index contributed by atoms with van der Waals surface area (Å²) in [5.41, 5.74) is 9.40. The van der Waals surface area contributed by atoms with Crippen LogP contribution in [0.4, 0.5) is 11.5 Å². The van der Waals surface area contributed by atoms with Crippen molar-refractivity contribution in [3.8, 4) is 0 Å². The quantitative estimate of drug-likeness (QED) is 0.122. The normalized spacial score (nSPS) is 10.4. The van der Waals surface area contributed by atoms with Crippen LogP contribution in [0.25, 0.3) is 21.5 Å². The molecule has 0 spiro atoms. The Labute approximate surface area is 386 Å². The Kier molecular flexibility index (Phi) is 14.4. The minimum absolute atomic E-state index is 0.550. The summed E-state index contributed by atoms with van der Waals surface area (Å²) in [5.74, 6) is 0.670. The van der Waals surface area contributed by atoms with E-state index in [0.29, 0.717) is 16.7 Å². The highest BCUT2D eigenvalue weighted by atomic mass is 79.9. The lowest BCUT2D eigenvalue weighted by molar-refractivity contribution is 1.30. The summed E-state index contributed by atoms with van der Waals surface area (Å²) in [7, 11) is 0. The average molecular weight is 911 g/mol. The first-order valence-corrected chi connectivity index (χ1v) is 21.9. The van der Waals surface area contributed by atoms with Gasteiger partial charge in [0.05, 0.1) is 22.8 Å². The fraction of sp³-hybridized carbons (Fsp3) is 0. The third-order valence-electron chi connectivity index (χ3n) is 10.2. The Morgan fingerprint density at radius 1 is 0.375 bits per heavy atom. The summed E-state index contributed by atoms with van der Waals surface area (Å²) in [6.45, 7) is 0. The smallest absolute Gasteiger partial charge is 0.160 e. The summed E-state index contributed by atoms with van der Waals surface area (Å²) in [5, 5.41) is 12.6. The van der Waals surface area contributed by atoms with Crippen LogP contribution in [0.15, 0.2) is 257 Å². The van der Waals surface area contributed by atoms with Gasteiger partial charge in [-0.3, -0.25) is 5.41 Å². The number of aromatic nitrogens is 2. The van der Waals surface area contributed by atoms with Gasteiger partial charge in [-0.1, -0.05) is 234 Å². The second kappa shape index (κ2) is 21.4. The van der Waals surface area contributed by atoms with Gasteiger partial charge in [0, 0.05) is 60.7 Å². The van der Waals surface area contributed by atoms with E-state index >= 15 is 0 Å². The first kappa shape index (κ1) is 43.0. The van der Waals surface area contributed by atoms with Gasteiger partial charge < -0.3 is 0 Å². The lowest BCUT2D eigenvalue weighted by atomic mass is 10.0. The van der Waals surface area contributed by atoms with E-state index in [1.807, 2.05) is 176 Å². The minimum atomic E-state index is 0.550. The molecule has 0 aliphatic carbocycles. The summed E-state index contributed by atoms with van der Waals surface area (Å²) in [6, 6.07) is 76.6. The maximum absolute atomic E-state index is 7.97. The zero-order valence-electron chi connectivity index (χ0n) is 34.6. The number of hydrogen-bond donors (Lipinski definition) is 1. The molecule has 7 heteroatoms. The molecule has 8 aromatic carbocycles. The highest BCUT2D eigenvalue weighted by Crippen LogP contribution is 2.33. The van der Waals surface area contributed by atoms with Gasteiger partial charge in [-0.15, -0.1) is 0 Å². The van der Waals surface area contributed by atoms with E-state index in [2.05, 4.69) is 81.6 Å². The molecule has 308 valence electrons. The molecule has 0 aliphatic heterocycles. The van der Waals surface area contributed by atoms with Crippen molar-refractivity contribution in [2.24, 2.45) is 9.98 Å². The summed E-state index contributed by atoms with van der Waals surface area (Å²) in [4.78, 5) is 19.0. The maximum atomic E-state index is 7.97. The van der Waals surface area contributed by atoms with Crippen molar-refractivity contribution in [1.29, 1.82) is 5.41 Å². The van der Waals surface area contributed by atoms with Crippen molar-refractivity contribution in [2.75, 3.05) is 0 Å². The van der Waals surface area contributed by atoms with Crippen LogP contribution < -0.4 is 0 Å². The second-order valence-electron chi connectivity index (χ2n) is 14.4. The number of nitrogens with zero attached hydrogens (tertiary/aromatic N) is 4. The first-order valence-electron chi connectivity index (χ1n) is 20.7. The molecular formula is C57H41BrClN5. The molecule has 10 aromatic rings. The lowest BCUT2D eigenvalue weighted by Gasteiger charge is -2.11. The summed E-state index contributed by atoms with van der Waals surface area (Å²) in [6.07, 6.45) is 3.52. The Morgan fingerprint density at radius 3 is 1.23 bits per heavy atom. The van der Waals surface area contributed by atoms with Gasteiger partial charge in [-0.05, 0) is 35.4 Å². The molecular weight excluding hydrogens is 870 g/mol. The van der Waals surface area contributed by atoms with E-state index in [1.165, 1.54) is 0 Å². The van der Waals surface area contributed by atoms with Gasteiger partial charge in [0.1, 0.15) is 5.15 Å². The summed E-state index contributed by atoms with van der Waals surface area (Å²) < 4.78 is 1.05. The van der Waals surface area contributed by atoms with Gasteiger partial charge in [0.25, 0.3) is 0 Å². The molecule has 0 aliphatic rings. The van der Waals surface area contributed by atoms with Crippen LogP contribution in [0, 0.1) is 5.41 Å². The number of pyridine rings is 2. The van der Waals surface area contributed by atoms with Gasteiger partial charge in [-0.2, -0.15) is 0 Å². The Morgan fingerprint density at radius 2 is 0.766 bits per heavy atom. The van der Waals surface area contributed by atoms with Crippen LogP contribution in [0.5, 0.6) is 0 Å². The average Bonchev–Trinajstić information content (AvgIpc) is 3.37. The molecule has 0 amide bonds. The second-order valence-corrected chi connectivity index (χ2v) is 15.6. The van der Waals surface area contributed by atoms with Crippen LogP contribution >= 0.6 is 27.5 Å². The largest absolute Gasteiger partial charge is 0.300 e. The molecule has 0 bridgehead atoms. The third-order valence-corrected chi connectivity index (χ3v) is 11.2. The van der Waals surface area contributed by atoms with Gasteiger partial charge >= 0.3 is 0 Å². The van der Waals surface area contributed by atoms with E-state index in [9.17, 15) is 0 Å². The highest BCUT2D eigenvalue weighted by Gasteiger charge is 2.13. The van der Waals surface area contributed by atoms with Gasteiger partial charge in [-0.25, -0.2) is 20.0 Å². The van der Waals surface area contributed by atoms with Gasteiger partial charge in [0.15, 0.2) is 5.82 Å². The fourth-order valence-electron chi connectivity index (χ4n) is 7.07. The zero-order chi connectivity index (χ0) is 43.9. The van der Waals surface area contributed by atoms with Gasteiger partial charge in [0.2, 0.25) is 0 Å². The van der Waals surface area contributed by atoms with E-state index in [-0.39, 0.29) is 0 Å². The first-order chi connectivity index (χ1) is 31.5. The number of rotatable bonds is 8. The molecule has 1 N–H and O–H groups in total. The molecule has 64 heavy (non-hydrogen) atoms. The number of benzene rings is 8. The Bertz CT molecular complexity index is 2870. The standard InChI is InChI=1S/C35H25N3.C13H11N.C9H5BrClN/c1-5-14-26(15-6-1)33(27-16-7-2-8-17-27)37-32-23-13-22-31-30(32)24-25-36-35(31)38-34(28-18-9-3-10-19-28)29-20-11-4-12-21-29;14-13(11-7-3-1-4-8-11)12-9-5-2-6-10-12;10-8-3-1-2-7-6(8)4-5-12-9(7)11/h1-25H;1-10,14H;1-5H. The third kappa shape index (κ3) is 10.7. The van der Waals surface area contributed by atoms with E-state index < -0.39 is 0 Å². The van der Waals surface area contributed by atoms with Crippen molar-refractivity contribution in [1.82, 2.24) is 9.97 Å². The predicted octanol–water partition coefficient (Wildman–Crippen LogP) is 15.3. The van der Waals surface area contributed by atoms with Crippen molar-refractivity contribution in [2.45, 2.75) is 0 Å². The number of fused-ring (bicyclic) bond motifs is 2. The number of halogens is 2. The maximum Gasteiger partial charge on any atom is 0.160 e. The molecule has 0 fully saturated rings. The number of hydrogen-bond acceptors (Lipinski definition) is 5. The molecule has 0 saturated heterocycles. The molecule has 0 saturated carbocycles. The van der Waals surface area contributed by atoms with Crippen LogP contribution in [0.2, 0.25) is 5.15 Å². The summed E-state index contributed by atoms with van der Waals surface area (Å²) >= 11 is 9.34. The number of nitrogens with one attached hydrogen (secondary N) is 1. The Balaban J connectivity index is 0.000000174. The predicted molar refractivity (Wildman–Crippen MR) is 271 cm³/mol. The van der Waals surface area contributed by atoms with Crippen LogP contribution in [0.3, 0.4) is 0 Å². The lowest BCUT2D eigenvalue weighted by Crippen LogP contribution is -2.03. The Hall–Kier alpha value is -7.64. The molecule has 0 radical (unpaired) electrons. The molecule has 2 heterocycles. The van der Waals surface area contributed by atoms with Crippen molar-refractivity contribution >= 4 is 77.7 Å². The monoisotopic (exact) mass is 909 g/mol. The molecule has 5 nitrogen and oxygen atoms in total. The van der Waals surface area contributed by atoms with E-state index in [1.54, 1.807) is 6.20 Å². The molecule has 0 atom stereocenters. The zero-order valence-corrected chi connectivity index (χ0v) is 37.0. The fourth-order valence-corrected chi connectivity index (χ4v) is 7.79. The molecule has 10 rings (SSSR count). The molecule has 2 aromatic heterocycles. The minimum Gasteiger partial charge on any atom is -0.300 e.